The van der Waals surface area contributed by atoms with Gasteiger partial charge in [0, 0.05) is 0 Å². The molecular weight excluding hydrogens is 194 g/mol. The Bertz CT molecular complexity index is 527. The summed E-state index contributed by atoms with van der Waals surface area (Å²) >= 11 is 0. The summed E-state index contributed by atoms with van der Waals surface area (Å²) in [7, 11) is 0. The van der Waals surface area contributed by atoms with Gasteiger partial charge in [-0.25, -0.2) is 9.97 Å². The molecule has 76 valence electrons. The number of nitrogen functional groups attached to an aromatic ring is 1. The number of ether oxygens (including phenoxy) is 2. The van der Waals surface area contributed by atoms with E-state index >= 15 is 0 Å². The van der Waals surface area contributed by atoms with Gasteiger partial charge in [-0.3, -0.25) is 0 Å². The highest BCUT2D eigenvalue weighted by molar-refractivity contribution is 5.95. The van der Waals surface area contributed by atoms with Gasteiger partial charge in [0.2, 0.25) is 0 Å². The second kappa shape index (κ2) is 2.98. The number of nitrogens with two attached hydrogens (primary N) is 1. The molecule has 0 bridgehead atoms. The van der Waals surface area contributed by atoms with E-state index in [2.05, 4.69) is 9.97 Å². The summed E-state index contributed by atoms with van der Waals surface area (Å²) in [6.07, 6.45) is 1.44. The van der Waals surface area contributed by atoms with E-state index in [0.717, 1.165) is 10.9 Å². The number of fused-ring (bicyclic) bond motifs is 3. The lowest BCUT2D eigenvalue weighted by Crippen LogP contribution is -2.16. The third-order valence-corrected chi connectivity index (χ3v) is 2.34. The third-order valence-electron chi connectivity index (χ3n) is 2.34. The Balaban J connectivity index is 2.39. The maximum absolute atomic E-state index is 5.79. The van der Waals surface area contributed by atoms with Crippen LogP contribution in [0.4, 0.5) is 5.82 Å². The van der Waals surface area contributed by atoms with Crippen molar-refractivity contribution in [3.63, 3.8) is 0 Å². The molecule has 0 unspecified atom stereocenters. The minimum absolute atomic E-state index is 0.419. The van der Waals surface area contributed by atoms with Crippen LogP contribution in [0.1, 0.15) is 0 Å². The van der Waals surface area contributed by atoms with Crippen LogP contribution in [0.5, 0.6) is 11.5 Å². The maximum Gasteiger partial charge on any atom is 0.174 e. The minimum atomic E-state index is 0.419. The highest BCUT2D eigenvalue weighted by Gasteiger charge is 2.17. The summed E-state index contributed by atoms with van der Waals surface area (Å²) < 4.78 is 11.0. The summed E-state index contributed by atoms with van der Waals surface area (Å²) in [6, 6.07) is 3.68. The molecule has 1 aliphatic heterocycles. The van der Waals surface area contributed by atoms with Crippen LogP contribution < -0.4 is 15.2 Å². The van der Waals surface area contributed by atoms with Crippen LogP contribution in [0.15, 0.2) is 18.5 Å². The zero-order valence-corrected chi connectivity index (χ0v) is 7.93. The Morgan fingerprint density at radius 2 is 2.00 bits per heavy atom. The van der Waals surface area contributed by atoms with E-state index in [-0.39, 0.29) is 0 Å². The zero-order chi connectivity index (χ0) is 10.3. The van der Waals surface area contributed by atoms with E-state index in [0.29, 0.717) is 30.5 Å². The van der Waals surface area contributed by atoms with E-state index in [1.165, 1.54) is 6.33 Å². The predicted molar refractivity (Wildman–Crippen MR) is 54.9 cm³/mol. The standard InChI is InChI=1S/C10H9N3O2/c11-10-8-6(12-5-13-10)1-2-7-9(8)15-4-3-14-7/h1-2,5H,3-4H2,(H2,11,12,13). The van der Waals surface area contributed by atoms with Crippen molar-refractivity contribution in [1.29, 1.82) is 0 Å². The van der Waals surface area contributed by atoms with Crippen molar-refractivity contribution in [2.24, 2.45) is 0 Å². The average Bonchev–Trinajstić information content (AvgIpc) is 2.29. The minimum Gasteiger partial charge on any atom is -0.486 e. The fourth-order valence-electron chi connectivity index (χ4n) is 1.68. The Morgan fingerprint density at radius 3 is 2.93 bits per heavy atom. The molecule has 15 heavy (non-hydrogen) atoms. The highest BCUT2D eigenvalue weighted by atomic mass is 16.6. The van der Waals surface area contributed by atoms with Crippen molar-refractivity contribution in [1.82, 2.24) is 9.97 Å². The second-order valence-electron chi connectivity index (χ2n) is 3.24. The number of rotatable bonds is 0. The molecule has 1 aliphatic rings. The number of nitrogens with zero attached hydrogens (tertiary/aromatic N) is 2. The van der Waals surface area contributed by atoms with Crippen molar-refractivity contribution in [2.45, 2.75) is 0 Å². The van der Waals surface area contributed by atoms with Gasteiger partial charge in [-0.15, -0.1) is 0 Å². The van der Waals surface area contributed by atoms with Crippen LogP contribution in [0.2, 0.25) is 0 Å². The van der Waals surface area contributed by atoms with E-state index in [4.69, 9.17) is 15.2 Å². The smallest absolute Gasteiger partial charge is 0.174 e. The van der Waals surface area contributed by atoms with E-state index in [1.54, 1.807) is 0 Å². The average molecular weight is 203 g/mol. The molecule has 0 amide bonds. The van der Waals surface area contributed by atoms with Crippen LogP contribution in [0.25, 0.3) is 10.9 Å². The topological polar surface area (TPSA) is 70.3 Å². The molecule has 5 heteroatoms. The molecule has 0 atom stereocenters. The molecule has 0 aliphatic carbocycles. The first-order chi connectivity index (χ1) is 7.36. The quantitative estimate of drug-likeness (QED) is 0.691. The lowest BCUT2D eigenvalue weighted by molar-refractivity contribution is 0.174. The molecule has 3 rings (SSSR count). The number of hydrogen-bond acceptors (Lipinski definition) is 5. The van der Waals surface area contributed by atoms with E-state index in [9.17, 15) is 0 Å². The molecule has 2 heterocycles. The fourth-order valence-corrected chi connectivity index (χ4v) is 1.68. The Hall–Kier alpha value is -2.04. The van der Waals surface area contributed by atoms with Gasteiger partial charge in [-0.1, -0.05) is 0 Å². The normalized spacial score (nSPS) is 14.1. The fraction of sp³-hybridized carbons (Fsp3) is 0.200. The molecule has 1 aromatic heterocycles. The Kier molecular flexibility index (Phi) is 1.65. The predicted octanol–water partition coefficient (Wildman–Crippen LogP) is 0.983. The second-order valence-corrected chi connectivity index (χ2v) is 3.24. The molecule has 0 saturated heterocycles. The van der Waals surface area contributed by atoms with Gasteiger partial charge in [0.25, 0.3) is 0 Å². The van der Waals surface area contributed by atoms with Crippen LogP contribution >= 0.6 is 0 Å². The molecule has 2 aromatic rings. The number of hydrogen-bond donors (Lipinski definition) is 1. The van der Waals surface area contributed by atoms with E-state index in [1.807, 2.05) is 12.1 Å². The summed E-state index contributed by atoms with van der Waals surface area (Å²) in [4.78, 5) is 8.07. The molecule has 1 aromatic carbocycles. The molecule has 2 N–H and O–H groups in total. The number of aromatic nitrogens is 2. The summed E-state index contributed by atoms with van der Waals surface area (Å²) in [6.45, 7) is 1.09. The first kappa shape index (κ1) is 8.28. The van der Waals surface area contributed by atoms with Gasteiger partial charge in [0.15, 0.2) is 11.5 Å². The Morgan fingerprint density at radius 1 is 1.13 bits per heavy atom. The largest absolute Gasteiger partial charge is 0.486 e. The zero-order valence-electron chi connectivity index (χ0n) is 7.93. The van der Waals surface area contributed by atoms with Crippen LogP contribution in [-0.2, 0) is 0 Å². The van der Waals surface area contributed by atoms with Crippen LogP contribution in [0.3, 0.4) is 0 Å². The van der Waals surface area contributed by atoms with Crippen molar-refractivity contribution in [3.8, 4) is 11.5 Å². The molecule has 0 radical (unpaired) electrons. The lowest BCUT2D eigenvalue weighted by Gasteiger charge is -2.19. The van der Waals surface area contributed by atoms with Crippen LogP contribution in [-0.4, -0.2) is 23.2 Å². The van der Waals surface area contributed by atoms with Gasteiger partial charge >= 0.3 is 0 Å². The number of benzene rings is 1. The third kappa shape index (κ3) is 1.16. The molecular formula is C10H9N3O2. The number of anilines is 1. The SMILES string of the molecule is Nc1ncnc2ccc3c(c12)OCCO3. The highest BCUT2D eigenvalue weighted by Crippen LogP contribution is 2.38. The first-order valence-corrected chi connectivity index (χ1v) is 4.65. The Labute approximate surface area is 85.8 Å². The van der Waals surface area contributed by atoms with Gasteiger partial charge in [0.05, 0.1) is 10.9 Å². The molecule has 0 fully saturated rings. The van der Waals surface area contributed by atoms with Crippen molar-refractivity contribution >= 4 is 16.7 Å². The van der Waals surface area contributed by atoms with Crippen molar-refractivity contribution < 1.29 is 9.47 Å². The van der Waals surface area contributed by atoms with Gasteiger partial charge in [-0.05, 0) is 12.1 Å². The maximum atomic E-state index is 5.79. The molecule has 0 saturated carbocycles. The lowest BCUT2D eigenvalue weighted by atomic mass is 10.2. The summed E-state index contributed by atoms with van der Waals surface area (Å²) in [5.41, 5.74) is 6.56. The monoisotopic (exact) mass is 203 g/mol. The van der Waals surface area contributed by atoms with Crippen LogP contribution in [0, 0.1) is 0 Å². The summed E-state index contributed by atoms with van der Waals surface area (Å²) in [5, 5.41) is 0.731. The first-order valence-electron chi connectivity index (χ1n) is 4.65. The van der Waals surface area contributed by atoms with Gasteiger partial charge in [-0.2, -0.15) is 0 Å². The van der Waals surface area contributed by atoms with Crippen molar-refractivity contribution in [3.05, 3.63) is 18.5 Å². The summed E-state index contributed by atoms with van der Waals surface area (Å²) in [5.74, 6) is 1.77. The molecule has 0 spiro atoms. The van der Waals surface area contributed by atoms with E-state index < -0.39 is 0 Å². The van der Waals surface area contributed by atoms with Crippen molar-refractivity contribution in [2.75, 3.05) is 18.9 Å². The van der Waals surface area contributed by atoms with Gasteiger partial charge in [0.1, 0.15) is 25.4 Å². The van der Waals surface area contributed by atoms with Gasteiger partial charge < -0.3 is 15.2 Å². The molecule has 5 nitrogen and oxygen atoms in total.